The van der Waals surface area contributed by atoms with Gasteiger partial charge in [-0.25, -0.2) is 8.42 Å². The molecule has 0 aromatic heterocycles. The van der Waals surface area contributed by atoms with Crippen molar-refractivity contribution in [2.45, 2.75) is 44.7 Å². The minimum atomic E-state index is -4.13. The molecule has 196 valence electrons. The monoisotopic (exact) mass is 541 g/mol. The lowest BCUT2D eigenvalue weighted by atomic mass is 10.1. The number of sulfonamides is 1. The van der Waals surface area contributed by atoms with Crippen LogP contribution in [0.15, 0.2) is 77.7 Å². The van der Waals surface area contributed by atoms with Gasteiger partial charge in [0.2, 0.25) is 11.8 Å². The number of likely N-dealkylation sites (N-methyl/N-ethyl adjacent to an activating group) is 1. The minimum Gasteiger partial charge on any atom is -0.357 e. The highest BCUT2D eigenvalue weighted by Gasteiger charge is 2.34. The number of halogens is 1. The Bertz CT molecular complexity index is 1360. The summed E-state index contributed by atoms with van der Waals surface area (Å²) in [7, 11) is -2.62. The molecule has 3 aromatic carbocycles. The summed E-state index contributed by atoms with van der Waals surface area (Å²) in [4.78, 5) is 28.2. The highest BCUT2D eigenvalue weighted by atomic mass is 35.5. The van der Waals surface area contributed by atoms with Gasteiger partial charge < -0.3 is 10.2 Å². The summed E-state index contributed by atoms with van der Waals surface area (Å²) in [5.41, 5.74) is 2.66. The van der Waals surface area contributed by atoms with Crippen LogP contribution in [0.25, 0.3) is 0 Å². The first-order valence-corrected chi connectivity index (χ1v) is 13.8. The van der Waals surface area contributed by atoms with Crippen molar-refractivity contribution in [2.24, 2.45) is 0 Å². The predicted octanol–water partition coefficient (Wildman–Crippen LogP) is 4.71. The first kappa shape index (κ1) is 28.2. The minimum absolute atomic E-state index is 0.0472. The third-order valence-corrected chi connectivity index (χ3v) is 8.54. The normalized spacial score (nSPS) is 12.0. The topological polar surface area (TPSA) is 86.8 Å². The van der Waals surface area contributed by atoms with Gasteiger partial charge in [0.1, 0.15) is 12.6 Å². The molecule has 0 aliphatic heterocycles. The average Bonchev–Trinajstić information content (AvgIpc) is 2.90. The van der Waals surface area contributed by atoms with Crippen molar-refractivity contribution in [3.05, 3.63) is 94.5 Å². The number of aryl methyl sites for hydroxylation is 1. The zero-order chi connectivity index (χ0) is 27.2. The van der Waals surface area contributed by atoms with Gasteiger partial charge in [0, 0.05) is 18.6 Å². The lowest BCUT2D eigenvalue weighted by molar-refractivity contribution is -0.140. The molecule has 0 heterocycles. The third-order valence-electron chi connectivity index (χ3n) is 6.35. The van der Waals surface area contributed by atoms with Crippen molar-refractivity contribution < 1.29 is 18.0 Å². The summed E-state index contributed by atoms with van der Waals surface area (Å²) in [6, 6.07) is 19.7. The zero-order valence-corrected chi connectivity index (χ0v) is 23.0. The first-order chi connectivity index (χ1) is 17.6. The molecular formula is C28H32ClN3O4S. The predicted molar refractivity (Wildman–Crippen MR) is 147 cm³/mol. The number of benzene rings is 3. The fourth-order valence-corrected chi connectivity index (χ4v) is 5.82. The Labute approximate surface area is 224 Å². The van der Waals surface area contributed by atoms with E-state index in [2.05, 4.69) is 5.32 Å². The molecule has 2 amide bonds. The summed E-state index contributed by atoms with van der Waals surface area (Å²) in [6.45, 7) is 5.11. The van der Waals surface area contributed by atoms with Crippen molar-refractivity contribution >= 4 is 39.1 Å². The Morgan fingerprint density at radius 2 is 1.59 bits per heavy atom. The SMILES string of the molecule is CCC(C(=O)NC)N(Cc1ccccc1C)C(=O)CN(c1cccc(Cl)c1C)S(=O)(=O)c1ccccc1. The van der Waals surface area contributed by atoms with E-state index in [1.807, 2.05) is 38.1 Å². The van der Waals surface area contributed by atoms with Gasteiger partial charge in [-0.1, -0.05) is 67.1 Å². The van der Waals surface area contributed by atoms with Crippen LogP contribution in [0.3, 0.4) is 0 Å². The lowest BCUT2D eigenvalue weighted by Crippen LogP contribution is -2.52. The number of carbonyl (C=O) groups excluding carboxylic acids is 2. The standard InChI is InChI=1S/C28H32ClN3O4S/c1-5-25(28(34)30-4)31(18-22-13-10-9-12-20(22)2)27(33)19-32(26-17-11-16-24(29)21(26)3)37(35,36)23-14-7-6-8-15-23/h6-17,25H,5,18-19H2,1-4H3,(H,30,34). The number of nitrogens with one attached hydrogen (secondary N) is 1. The quantitative estimate of drug-likeness (QED) is 0.403. The molecule has 7 nitrogen and oxygen atoms in total. The Kier molecular flexibility index (Phi) is 9.34. The van der Waals surface area contributed by atoms with Crippen LogP contribution in [-0.4, -0.2) is 44.8 Å². The molecule has 9 heteroatoms. The molecule has 1 unspecified atom stereocenters. The number of anilines is 1. The van der Waals surface area contributed by atoms with E-state index in [0.29, 0.717) is 22.7 Å². The molecule has 3 rings (SSSR count). The van der Waals surface area contributed by atoms with Crippen LogP contribution in [0.5, 0.6) is 0 Å². The van der Waals surface area contributed by atoms with Crippen molar-refractivity contribution in [3.63, 3.8) is 0 Å². The van der Waals surface area contributed by atoms with Gasteiger partial charge in [-0.15, -0.1) is 0 Å². The Morgan fingerprint density at radius 3 is 2.22 bits per heavy atom. The van der Waals surface area contributed by atoms with Crippen LogP contribution in [0, 0.1) is 13.8 Å². The van der Waals surface area contributed by atoms with Gasteiger partial charge in [-0.2, -0.15) is 0 Å². The number of nitrogens with zero attached hydrogens (tertiary/aromatic N) is 2. The van der Waals surface area contributed by atoms with Crippen LogP contribution in [0.4, 0.5) is 5.69 Å². The summed E-state index contributed by atoms with van der Waals surface area (Å²) < 4.78 is 28.7. The van der Waals surface area contributed by atoms with E-state index in [0.717, 1.165) is 15.4 Å². The van der Waals surface area contributed by atoms with E-state index in [1.165, 1.54) is 24.1 Å². The molecule has 0 aliphatic carbocycles. The second kappa shape index (κ2) is 12.3. The Morgan fingerprint density at radius 1 is 0.946 bits per heavy atom. The number of hydrogen-bond donors (Lipinski definition) is 1. The van der Waals surface area contributed by atoms with E-state index in [-0.39, 0.29) is 17.3 Å². The summed E-state index contributed by atoms with van der Waals surface area (Å²) in [5.74, 6) is -0.821. The molecule has 1 atom stereocenters. The molecule has 0 radical (unpaired) electrons. The maximum atomic E-state index is 13.9. The van der Waals surface area contributed by atoms with Gasteiger partial charge in [0.15, 0.2) is 0 Å². The fourth-order valence-electron chi connectivity index (χ4n) is 4.16. The molecule has 0 bridgehead atoms. The second-order valence-electron chi connectivity index (χ2n) is 8.70. The Balaban J connectivity index is 2.11. The summed E-state index contributed by atoms with van der Waals surface area (Å²) in [5, 5.41) is 3.01. The highest BCUT2D eigenvalue weighted by molar-refractivity contribution is 7.92. The fraction of sp³-hybridized carbons (Fsp3) is 0.286. The van der Waals surface area contributed by atoms with Crippen molar-refractivity contribution in [3.8, 4) is 0 Å². The van der Waals surface area contributed by atoms with E-state index in [9.17, 15) is 18.0 Å². The number of amides is 2. The molecule has 0 aliphatic rings. The maximum Gasteiger partial charge on any atom is 0.264 e. The molecule has 0 saturated carbocycles. The highest BCUT2D eigenvalue weighted by Crippen LogP contribution is 2.31. The van der Waals surface area contributed by atoms with E-state index in [1.54, 1.807) is 43.3 Å². The maximum absolute atomic E-state index is 13.9. The van der Waals surface area contributed by atoms with Crippen molar-refractivity contribution in [1.82, 2.24) is 10.2 Å². The van der Waals surface area contributed by atoms with Gasteiger partial charge >= 0.3 is 0 Å². The first-order valence-electron chi connectivity index (χ1n) is 12.0. The average molecular weight is 542 g/mol. The van der Waals surface area contributed by atoms with Crippen LogP contribution >= 0.6 is 11.6 Å². The number of rotatable bonds is 10. The molecule has 1 N–H and O–H groups in total. The summed E-state index contributed by atoms with van der Waals surface area (Å²) >= 11 is 6.34. The van der Waals surface area contributed by atoms with Gasteiger partial charge in [0.25, 0.3) is 10.0 Å². The molecule has 3 aromatic rings. The van der Waals surface area contributed by atoms with Crippen molar-refractivity contribution in [1.29, 1.82) is 0 Å². The second-order valence-corrected chi connectivity index (χ2v) is 11.0. The van der Waals surface area contributed by atoms with Crippen LogP contribution in [0.2, 0.25) is 5.02 Å². The third kappa shape index (κ3) is 6.32. The zero-order valence-electron chi connectivity index (χ0n) is 21.4. The number of hydrogen-bond acceptors (Lipinski definition) is 4. The Hall–Kier alpha value is -3.36. The largest absolute Gasteiger partial charge is 0.357 e. The van der Waals surface area contributed by atoms with E-state index < -0.39 is 28.5 Å². The summed E-state index contributed by atoms with van der Waals surface area (Å²) in [6.07, 6.45) is 0.360. The number of carbonyl (C=O) groups is 2. The van der Waals surface area contributed by atoms with E-state index >= 15 is 0 Å². The smallest absolute Gasteiger partial charge is 0.264 e. The van der Waals surface area contributed by atoms with Crippen LogP contribution < -0.4 is 9.62 Å². The molecular weight excluding hydrogens is 510 g/mol. The van der Waals surface area contributed by atoms with Gasteiger partial charge in [-0.05, 0) is 61.2 Å². The van der Waals surface area contributed by atoms with Gasteiger partial charge in [0.05, 0.1) is 10.6 Å². The molecule has 0 spiro atoms. The van der Waals surface area contributed by atoms with E-state index in [4.69, 9.17) is 11.6 Å². The molecule has 37 heavy (non-hydrogen) atoms. The van der Waals surface area contributed by atoms with Crippen molar-refractivity contribution in [2.75, 3.05) is 17.9 Å². The lowest BCUT2D eigenvalue weighted by Gasteiger charge is -2.33. The van der Waals surface area contributed by atoms with Crippen LogP contribution in [-0.2, 0) is 26.2 Å². The van der Waals surface area contributed by atoms with Crippen LogP contribution in [0.1, 0.15) is 30.0 Å². The molecule has 0 saturated heterocycles. The van der Waals surface area contributed by atoms with Gasteiger partial charge in [-0.3, -0.25) is 13.9 Å². The molecule has 0 fully saturated rings.